The quantitative estimate of drug-likeness (QED) is 0.291. The summed E-state index contributed by atoms with van der Waals surface area (Å²) < 4.78 is 0. The summed E-state index contributed by atoms with van der Waals surface area (Å²) in [5.74, 6) is 6.03. The van der Waals surface area contributed by atoms with Crippen LogP contribution in [-0.4, -0.2) is 11.8 Å². The summed E-state index contributed by atoms with van der Waals surface area (Å²) >= 11 is 7.79. The summed E-state index contributed by atoms with van der Waals surface area (Å²) in [6.07, 6.45) is 3.77. The summed E-state index contributed by atoms with van der Waals surface area (Å²) in [7, 11) is 0. The van der Waals surface area contributed by atoms with Crippen LogP contribution in [0.15, 0.2) is 48.5 Å². The van der Waals surface area contributed by atoms with Gasteiger partial charge in [0.25, 0.3) is 0 Å². The molecule has 0 aliphatic carbocycles. The summed E-state index contributed by atoms with van der Waals surface area (Å²) in [6, 6.07) is 15.5. The van der Waals surface area contributed by atoms with E-state index in [4.69, 9.17) is 22.7 Å². The van der Waals surface area contributed by atoms with Crippen molar-refractivity contribution in [2.75, 3.05) is 11.3 Å². The summed E-state index contributed by atoms with van der Waals surface area (Å²) in [6.45, 7) is 0. The van der Waals surface area contributed by atoms with Crippen LogP contribution in [0, 0.1) is 11.5 Å². The third-order valence-corrected chi connectivity index (χ3v) is 4.10. The molecule has 108 valence electrons. The fraction of sp³-hybridized carbons (Fsp3) is 0.133. The van der Waals surface area contributed by atoms with E-state index < -0.39 is 0 Å². The van der Waals surface area contributed by atoms with Crippen LogP contribution in [0.4, 0.5) is 5.69 Å². The molecule has 0 radical (unpaired) electrons. The molecule has 0 saturated heterocycles. The van der Waals surface area contributed by atoms with Crippen molar-refractivity contribution in [3.63, 3.8) is 0 Å². The molecular weight excluding hydrogens is 304 g/mol. The van der Waals surface area contributed by atoms with E-state index in [2.05, 4.69) is 5.32 Å². The Kier molecular flexibility index (Phi) is 5.34. The molecule has 1 unspecified atom stereocenters. The number of benzene rings is 2. The van der Waals surface area contributed by atoms with Crippen molar-refractivity contribution in [3.05, 3.63) is 53.6 Å². The summed E-state index contributed by atoms with van der Waals surface area (Å²) in [5.41, 5.74) is 2.40. The number of hydrazine groups is 1. The third kappa shape index (κ3) is 3.61. The van der Waals surface area contributed by atoms with Crippen molar-refractivity contribution >= 4 is 29.1 Å². The van der Waals surface area contributed by atoms with E-state index in [0.717, 1.165) is 16.8 Å². The average Bonchev–Trinajstić information content (AvgIpc) is 2.52. The van der Waals surface area contributed by atoms with Crippen LogP contribution in [0.25, 0.3) is 11.1 Å². The van der Waals surface area contributed by atoms with Crippen LogP contribution < -0.4 is 16.2 Å². The number of hydrogen-bond acceptors (Lipinski definition) is 5. The first-order valence-electron chi connectivity index (χ1n) is 6.23. The zero-order valence-electron chi connectivity index (χ0n) is 11.5. The number of nitrogens with two attached hydrogens (primary N) is 1. The normalized spacial score (nSPS) is 11.5. The standard InChI is InChI=1S/C15H15ClN4S/c1-21-15(19-10-17)20(18)12-7-8-13(14(16)9-12)11-5-3-2-4-6-11/h2-9,15,19H,18H2,1H3. The van der Waals surface area contributed by atoms with Gasteiger partial charge in [0.1, 0.15) is 0 Å². The molecule has 0 fully saturated rings. The molecule has 2 aromatic rings. The number of hydrogen-bond donors (Lipinski definition) is 2. The van der Waals surface area contributed by atoms with Gasteiger partial charge in [-0.05, 0) is 24.0 Å². The second-order valence-corrected chi connectivity index (χ2v) is 5.61. The van der Waals surface area contributed by atoms with Crippen LogP contribution in [0.1, 0.15) is 0 Å². The van der Waals surface area contributed by atoms with E-state index in [1.165, 1.54) is 16.8 Å². The Balaban J connectivity index is 2.29. The van der Waals surface area contributed by atoms with Crippen molar-refractivity contribution < 1.29 is 0 Å². The van der Waals surface area contributed by atoms with Crippen molar-refractivity contribution in [3.8, 4) is 17.3 Å². The van der Waals surface area contributed by atoms with Crippen LogP contribution in [0.2, 0.25) is 5.02 Å². The molecule has 0 spiro atoms. The van der Waals surface area contributed by atoms with Crippen molar-refractivity contribution in [1.29, 1.82) is 5.26 Å². The predicted octanol–water partition coefficient (Wildman–Crippen LogP) is 3.40. The second-order valence-electron chi connectivity index (χ2n) is 4.28. The molecule has 1 atom stereocenters. The molecule has 0 aromatic heterocycles. The Labute approximate surface area is 133 Å². The lowest BCUT2D eigenvalue weighted by Crippen LogP contribution is -2.46. The van der Waals surface area contributed by atoms with Gasteiger partial charge in [-0.25, -0.2) is 5.84 Å². The van der Waals surface area contributed by atoms with Gasteiger partial charge in [-0.1, -0.05) is 48.0 Å². The first-order valence-corrected chi connectivity index (χ1v) is 7.90. The number of thioether (sulfide) groups is 1. The molecule has 0 saturated carbocycles. The number of anilines is 1. The van der Waals surface area contributed by atoms with Crippen LogP contribution in [-0.2, 0) is 0 Å². The minimum absolute atomic E-state index is 0.339. The van der Waals surface area contributed by atoms with E-state index in [9.17, 15) is 0 Å². The SMILES string of the molecule is CSC(NC#N)N(N)c1ccc(-c2ccccc2)c(Cl)c1. The molecule has 6 heteroatoms. The second kappa shape index (κ2) is 7.23. The maximum absolute atomic E-state index is 8.73. The molecular formula is C15H15ClN4S. The molecule has 4 nitrogen and oxygen atoms in total. The monoisotopic (exact) mass is 318 g/mol. The fourth-order valence-corrected chi connectivity index (χ4v) is 2.75. The number of nitrogens with one attached hydrogen (secondary N) is 1. The zero-order chi connectivity index (χ0) is 15.2. The smallest absolute Gasteiger partial charge is 0.179 e. The van der Waals surface area contributed by atoms with Gasteiger partial charge in [0.05, 0.1) is 10.7 Å². The molecule has 0 heterocycles. The first-order chi connectivity index (χ1) is 10.2. The number of rotatable bonds is 5. The Hall–Kier alpha value is -1.87. The van der Waals surface area contributed by atoms with Gasteiger partial charge < -0.3 is 0 Å². The fourth-order valence-electron chi connectivity index (χ4n) is 1.95. The Bertz CT molecular complexity index is 642. The van der Waals surface area contributed by atoms with Crippen molar-refractivity contribution in [2.45, 2.75) is 5.50 Å². The molecule has 2 aromatic carbocycles. The first kappa shape index (κ1) is 15.5. The van der Waals surface area contributed by atoms with Gasteiger partial charge in [0.2, 0.25) is 0 Å². The maximum atomic E-state index is 8.73. The molecule has 21 heavy (non-hydrogen) atoms. The zero-order valence-corrected chi connectivity index (χ0v) is 13.0. The lowest BCUT2D eigenvalue weighted by atomic mass is 10.1. The highest BCUT2D eigenvalue weighted by Crippen LogP contribution is 2.31. The van der Waals surface area contributed by atoms with Gasteiger partial charge in [0, 0.05) is 5.56 Å². The molecule has 0 aliphatic heterocycles. The number of nitriles is 1. The minimum Gasteiger partial charge on any atom is -0.292 e. The van der Waals surface area contributed by atoms with Gasteiger partial charge >= 0.3 is 0 Å². The van der Waals surface area contributed by atoms with Crippen LogP contribution in [0.5, 0.6) is 0 Å². The van der Waals surface area contributed by atoms with E-state index in [1.54, 1.807) is 6.07 Å². The summed E-state index contributed by atoms with van der Waals surface area (Å²) in [4.78, 5) is 0. The topological polar surface area (TPSA) is 65.1 Å². The van der Waals surface area contributed by atoms with E-state index in [0.29, 0.717) is 5.02 Å². The van der Waals surface area contributed by atoms with Crippen molar-refractivity contribution in [1.82, 2.24) is 5.32 Å². The highest BCUT2D eigenvalue weighted by molar-refractivity contribution is 7.99. The highest BCUT2D eigenvalue weighted by Gasteiger charge is 2.15. The lowest BCUT2D eigenvalue weighted by molar-refractivity contribution is 0.729. The van der Waals surface area contributed by atoms with Crippen LogP contribution in [0.3, 0.4) is 0 Å². The Morgan fingerprint density at radius 3 is 2.57 bits per heavy atom. The maximum Gasteiger partial charge on any atom is 0.179 e. The van der Waals surface area contributed by atoms with Crippen molar-refractivity contribution in [2.24, 2.45) is 5.84 Å². The Morgan fingerprint density at radius 2 is 2.00 bits per heavy atom. The highest BCUT2D eigenvalue weighted by atomic mass is 35.5. The molecule has 0 bridgehead atoms. The third-order valence-electron chi connectivity index (χ3n) is 3.00. The Morgan fingerprint density at radius 1 is 1.29 bits per heavy atom. The van der Waals surface area contributed by atoms with Gasteiger partial charge in [0.15, 0.2) is 11.7 Å². The molecule has 3 N–H and O–H groups in total. The van der Waals surface area contributed by atoms with E-state index in [1.807, 2.05) is 54.9 Å². The molecule has 2 rings (SSSR count). The van der Waals surface area contributed by atoms with E-state index in [-0.39, 0.29) is 5.50 Å². The predicted molar refractivity (Wildman–Crippen MR) is 89.6 cm³/mol. The minimum atomic E-state index is -0.339. The average molecular weight is 319 g/mol. The van der Waals surface area contributed by atoms with Gasteiger partial charge in [-0.15, -0.1) is 11.8 Å². The number of nitrogens with zero attached hydrogens (tertiary/aromatic N) is 2. The largest absolute Gasteiger partial charge is 0.292 e. The number of halogens is 1. The molecule has 0 amide bonds. The van der Waals surface area contributed by atoms with E-state index >= 15 is 0 Å². The summed E-state index contributed by atoms with van der Waals surface area (Å²) in [5, 5.41) is 13.4. The van der Waals surface area contributed by atoms with Gasteiger partial charge in [-0.3, -0.25) is 10.3 Å². The van der Waals surface area contributed by atoms with Crippen LogP contribution >= 0.6 is 23.4 Å². The lowest BCUT2D eigenvalue weighted by Gasteiger charge is -2.26. The van der Waals surface area contributed by atoms with Gasteiger partial charge in [-0.2, -0.15) is 5.26 Å². The molecule has 0 aliphatic rings.